The van der Waals surface area contributed by atoms with E-state index in [2.05, 4.69) is 15.3 Å². The Labute approximate surface area is 97.4 Å². The van der Waals surface area contributed by atoms with Crippen LogP contribution in [0.5, 0.6) is 0 Å². The molecule has 0 aliphatic rings. The average molecular weight is 245 g/mol. The van der Waals surface area contributed by atoms with E-state index in [1.54, 1.807) is 35.7 Å². The summed E-state index contributed by atoms with van der Waals surface area (Å²) in [6.07, 6.45) is 0. The Hall–Kier alpha value is -0.790. The molecule has 15 heavy (non-hydrogen) atoms. The summed E-state index contributed by atoms with van der Waals surface area (Å²) < 4.78 is 0. The van der Waals surface area contributed by atoms with Crippen molar-refractivity contribution in [2.45, 2.75) is 5.37 Å². The van der Waals surface area contributed by atoms with E-state index in [4.69, 9.17) is 11.5 Å². The zero-order valence-corrected chi connectivity index (χ0v) is 10.1. The first kappa shape index (κ1) is 12.3. The highest BCUT2D eigenvalue weighted by molar-refractivity contribution is 7.99. The minimum Gasteiger partial charge on any atom is -0.370 e. The van der Waals surface area contributed by atoms with Crippen molar-refractivity contribution < 1.29 is 0 Å². The lowest BCUT2D eigenvalue weighted by Gasteiger charge is -2.16. The second kappa shape index (κ2) is 6.65. The number of nitrogens with one attached hydrogen (secondary N) is 1. The molecule has 1 atom stereocenters. The maximum Gasteiger partial charge on any atom is 0.189 e. The van der Waals surface area contributed by atoms with Gasteiger partial charge in [-0.05, 0) is 0 Å². The first-order valence-corrected chi connectivity index (χ1v) is 6.45. The molecule has 0 spiro atoms. The molecule has 1 aromatic heterocycles. The van der Waals surface area contributed by atoms with Gasteiger partial charge in [0.2, 0.25) is 0 Å². The molecule has 0 fully saturated rings. The van der Waals surface area contributed by atoms with Crippen LogP contribution in [0.15, 0.2) is 15.9 Å². The first-order valence-electron chi connectivity index (χ1n) is 4.46. The van der Waals surface area contributed by atoms with E-state index in [1.165, 1.54) is 0 Å². The highest BCUT2D eigenvalue weighted by Gasteiger charge is 2.13. The Morgan fingerprint density at radius 1 is 1.80 bits per heavy atom. The number of thioether (sulfide) groups is 1. The smallest absolute Gasteiger partial charge is 0.189 e. The summed E-state index contributed by atoms with van der Waals surface area (Å²) in [5, 5.41) is 5.10. The van der Waals surface area contributed by atoms with E-state index in [0.717, 1.165) is 11.4 Å². The molecule has 84 valence electrons. The van der Waals surface area contributed by atoms with Gasteiger partial charge in [-0.1, -0.05) is 0 Å². The predicted molar refractivity (Wildman–Crippen MR) is 67.0 cm³/mol. The lowest BCUT2D eigenvalue weighted by molar-refractivity contribution is 0.845. The first-order chi connectivity index (χ1) is 7.27. The minimum absolute atomic E-state index is 0.0310. The fourth-order valence-electron chi connectivity index (χ4n) is 0.937. The van der Waals surface area contributed by atoms with Crippen LogP contribution in [-0.4, -0.2) is 30.3 Å². The molecular weight excluding hydrogens is 230 g/mol. The van der Waals surface area contributed by atoms with Crippen LogP contribution in [-0.2, 0) is 0 Å². The molecule has 1 unspecified atom stereocenters. The Morgan fingerprint density at radius 3 is 3.13 bits per heavy atom. The standard InChI is InChI=1S/C8H15N5S2/c1-11-8(10)13-7(15-3-2-9)6-4-14-5-12-6/h4-5,7H,2-3,9H2,1H3,(H3,10,11,13). The summed E-state index contributed by atoms with van der Waals surface area (Å²) >= 11 is 3.23. The molecule has 0 radical (unpaired) electrons. The second-order valence-corrected chi connectivity index (χ2v) is 4.64. The second-order valence-electron chi connectivity index (χ2n) is 2.71. The minimum atomic E-state index is 0.0310. The normalized spacial score (nSPS) is 13.9. The molecule has 1 rings (SSSR count). The van der Waals surface area contributed by atoms with Gasteiger partial charge in [0.15, 0.2) is 5.96 Å². The van der Waals surface area contributed by atoms with Gasteiger partial charge in [-0.15, -0.1) is 23.1 Å². The van der Waals surface area contributed by atoms with Gasteiger partial charge in [0.1, 0.15) is 5.37 Å². The third-order valence-corrected chi connectivity index (χ3v) is 3.41. The molecular formula is C8H15N5S2. The number of nitrogens with two attached hydrogens (primary N) is 2. The van der Waals surface area contributed by atoms with E-state index in [-0.39, 0.29) is 5.37 Å². The van der Waals surface area contributed by atoms with Crippen molar-refractivity contribution in [3.8, 4) is 0 Å². The summed E-state index contributed by atoms with van der Waals surface area (Å²) in [6, 6.07) is 0. The number of aromatic nitrogens is 1. The van der Waals surface area contributed by atoms with Gasteiger partial charge in [-0.25, -0.2) is 4.98 Å². The van der Waals surface area contributed by atoms with Crippen LogP contribution in [0.3, 0.4) is 0 Å². The van der Waals surface area contributed by atoms with E-state index in [1.807, 2.05) is 5.38 Å². The van der Waals surface area contributed by atoms with Crippen LogP contribution in [0, 0.1) is 0 Å². The van der Waals surface area contributed by atoms with E-state index >= 15 is 0 Å². The molecule has 1 heterocycles. The van der Waals surface area contributed by atoms with Gasteiger partial charge in [-0.3, -0.25) is 4.99 Å². The van der Waals surface area contributed by atoms with E-state index in [0.29, 0.717) is 12.5 Å². The lowest BCUT2D eigenvalue weighted by atomic mass is 10.5. The highest BCUT2D eigenvalue weighted by atomic mass is 32.2. The fourth-order valence-corrected chi connectivity index (χ4v) is 2.48. The Bertz CT molecular complexity index is 298. The molecule has 0 aliphatic carbocycles. The largest absolute Gasteiger partial charge is 0.370 e. The van der Waals surface area contributed by atoms with Gasteiger partial charge in [0.05, 0.1) is 11.2 Å². The quantitative estimate of drug-likeness (QED) is 0.396. The van der Waals surface area contributed by atoms with Crippen LogP contribution < -0.4 is 16.8 Å². The molecule has 0 saturated heterocycles. The highest BCUT2D eigenvalue weighted by Crippen LogP contribution is 2.24. The molecule has 7 heteroatoms. The van der Waals surface area contributed by atoms with Crippen molar-refractivity contribution in [3.05, 3.63) is 16.6 Å². The van der Waals surface area contributed by atoms with Crippen LogP contribution in [0.2, 0.25) is 0 Å². The average Bonchev–Trinajstić information content (AvgIpc) is 2.77. The lowest BCUT2D eigenvalue weighted by Crippen LogP contribution is -2.34. The number of nitrogens with zero attached hydrogens (tertiary/aromatic N) is 2. The molecule has 0 bridgehead atoms. The van der Waals surface area contributed by atoms with Crippen molar-refractivity contribution in [2.75, 3.05) is 19.3 Å². The monoisotopic (exact) mass is 245 g/mol. The third-order valence-electron chi connectivity index (χ3n) is 1.64. The number of rotatable bonds is 5. The Morgan fingerprint density at radius 2 is 2.60 bits per heavy atom. The Balaban J connectivity index is 2.61. The zero-order chi connectivity index (χ0) is 11.1. The molecule has 0 aromatic carbocycles. The topological polar surface area (TPSA) is 89.3 Å². The van der Waals surface area contributed by atoms with Crippen LogP contribution >= 0.6 is 23.1 Å². The van der Waals surface area contributed by atoms with Crippen LogP contribution in [0.4, 0.5) is 0 Å². The zero-order valence-electron chi connectivity index (χ0n) is 8.51. The van der Waals surface area contributed by atoms with E-state index in [9.17, 15) is 0 Å². The molecule has 5 nitrogen and oxygen atoms in total. The number of guanidine groups is 1. The molecule has 5 N–H and O–H groups in total. The maximum atomic E-state index is 5.62. The molecule has 1 aromatic rings. The van der Waals surface area contributed by atoms with Gasteiger partial charge < -0.3 is 16.8 Å². The van der Waals surface area contributed by atoms with Crippen LogP contribution in [0.1, 0.15) is 11.1 Å². The van der Waals surface area contributed by atoms with Gasteiger partial charge in [0, 0.05) is 24.7 Å². The van der Waals surface area contributed by atoms with Crippen LogP contribution in [0.25, 0.3) is 0 Å². The summed E-state index contributed by atoms with van der Waals surface area (Å²) in [7, 11) is 1.65. The SMILES string of the molecule is C/N=C(/N)NC(SCCN)c1cscn1. The van der Waals surface area contributed by atoms with Crippen molar-refractivity contribution >= 4 is 29.1 Å². The fraction of sp³-hybridized carbons (Fsp3) is 0.500. The van der Waals surface area contributed by atoms with Crippen molar-refractivity contribution in [3.63, 3.8) is 0 Å². The molecule has 0 aliphatic heterocycles. The summed E-state index contributed by atoms with van der Waals surface area (Å²) in [5.41, 5.74) is 13.8. The van der Waals surface area contributed by atoms with Gasteiger partial charge >= 0.3 is 0 Å². The number of hydrogen-bond donors (Lipinski definition) is 3. The third kappa shape index (κ3) is 4.06. The van der Waals surface area contributed by atoms with Gasteiger partial charge in [-0.2, -0.15) is 0 Å². The van der Waals surface area contributed by atoms with Crippen molar-refractivity contribution in [1.29, 1.82) is 0 Å². The van der Waals surface area contributed by atoms with Crippen molar-refractivity contribution in [2.24, 2.45) is 16.5 Å². The summed E-state index contributed by atoms with van der Waals surface area (Å²) in [6.45, 7) is 0.635. The summed E-state index contributed by atoms with van der Waals surface area (Å²) in [5.74, 6) is 1.27. The molecule has 0 saturated carbocycles. The number of aliphatic imine (C=N–C) groups is 1. The summed E-state index contributed by atoms with van der Waals surface area (Å²) in [4.78, 5) is 8.10. The number of thiazole rings is 1. The van der Waals surface area contributed by atoms with Gasteiger partial charge in [0.25, 0.3) is 0 Å². The molecule has 0 amide bonds. The van der Waals surface area contributed by atoms with Crippen molar-refractivity contribution in [1.82, 2.24) is 10.3 Å². The predicted octanol–water partition coefficient (Wildman–Crippen LogP) is 0.368. The maximum absolute atomic E-state index is 5.62. The van der Waals surface area contributed by atoms with E-state index < -0.39 is 0 Å². The number of hydrogen-bond acceptors (Lipinski definition) is 5. The Kier molecular flexibility index (Phi) is 5.44.